The zero-order valence-electron chi connectivity index (χ0n) is 10.8. The van der Waals surface area contributed by atoms with Crippen molar-refractivity contribution in [2.45, 2.75) is 31.1 Å². The van der Waals surface area contributed by atoms with E-state index in [1.807, 2.05) is 6.07 Å². The summed E-state index contributed by atoms with van der Waals surface area (Å²) in [5.74, 6) is 0.893. The number of nitrogens with two attached hydrogens (primary N) is 1. The average molecular weight is 244 g/mol. The first kappa shape index (κ1) is 11.6. The predicted molar refractivity (Wildman–Crippen MR) is 74.1 cm³/mol. The summed E-state index contributed by atoms with van der Waals surface area (Å²) in [7, 11) is 1.70. The molecule has 0 aliphatic heterocycles. The summed E-state index contributed by atoms with van der Waals surface area (Å²) in [5, 5.41) is 1.29. The maximum Gasteiger partial charge on any atom is 0.120 e. The Morgan fingerprint density at radius 3 is 2.78 bits per heavy atom. The van der Waals surface area contributed by atoms with Gasteiger partial charge in [-0.05, 0) is 30.5 Å². The third kappa shape index (κ3) is 1.62. The second-order valence-corrected chi connectivity index (χ2v) is 5.31. The fourth-order valence-corrected chi connectivity index (χ4v) is 3.31. The Morgan fingerprint density at radius 2 is 2.11 bits per heavy atom. The number of benzene rings is 1. The Hall–Kier alpha value is -1.48. The molecule has 3 rings (SSSR count). The van der Waals surface area contributed by atoms with Crippen molar-refractivity contribution in [2.75, 3.05) is 13.7 Å². The lowest BCUT2D eigenvalue weighted by atomic mass is 9.79. The van der Waals surface area contributed by atoms with Gasteiger partial charge in [-0.2, -0.15) is 0 Å². The molecule has 1 heterocycles. The molecule has 1 aromatic carbocycles. The van der Waals surface area contributed by atoms with E-state index >= 15 is 0 Å². The van der Waals surface area contributed by atoms with Crippen LogP contribution < -0.4 is 10.5 Å². The van der Waals surface area contributed by atoms with E-state index in [9.17, 15) is 0 Å². The molecule has 1 aliphatic carbocycles. The van der Waals surface area contributed by atoms with Gasteiger partial charge in [0, 0.05) is 35.1 Å². The molecule has 96 valence electrons. The molecule has 0 radical (unpaired) electrons. The number of hydrogen-bond donors (Lipinski definition) is 2. The van der Waals surface area contributed by atoms with Crippen LogP contribution in [0.15, 0.2) is 24.4 Å². The van der Waals surface area contributed by atoms with Crippen LogP contribution in [-0.4, -0.2) is 18.6 Å². The van der Waals surface area contributed by atoms with Crippen molar-refractivity contribution < 1.29 is 4.74 Å². The number of aromatic nitrogens is 1. The predicted octanol–water partition coefficient (Wildman–Crippen LogP) is 2.95. The summed E-state index contributed by atoms with van der Waals surface area (Å²) in [6.07, 6.45) is 7.15. The van der Waals surface area contributed by atoms with Gasteiger partial charge in [-0.25, -0.2) is 0 Å². The fraction of sp³-hybridized carbons (Fsp3) is 0.467. The molecule has 0 bridgehead atoms. The van der Waals surface area contributed by atoms with E-state index in [2.05, 4.69) is 23.3 Å². The van der Waals surface area contributed by atoms with E-state index in [1.165, 1.54) is 36.6 Å². The Bertz CT molecular complexity index is 553. The summed E-state index contributed by atoms with van der Waals surface area (Å²) in [4.78, 5) is 3.36. The summed E-state index contributed by atoms with van der Waals surface area (Å²) < 4.78 is 5.26. The Kier molecular flexibility index (Phi) is 2.78. The number of hydrogen-bond acceptors (Lipinski definition) is 2. The minimum absolute atomic E-state index is 0.187. The second kappa shape index (κ2) is 4.32. The highest BCUT2D eigenvalue weighted by molar-refractivity contribution is 5.85. The van der Waals surface area contributed by atoms with Crippen LogP contribution in [0, 0.1) is 0 Å². The van der Waals surface area contributed by atoms with Crippen LogP contribution in [-0.2, 0) is 5.41 Å². The van der Waals surface area contributed by atoms with Crippen molar-refractivity contribution in [1.29, 1.82) is 0 Å². The molecule has 2 aromatic rings. The molecule has 0 unspecified atom stereocenters. The third-order valence-corrected chi connectivity index (χ3v) is 4.41. The Labute approximate surface area is 107 Å². The van der Waals surface area contributed by atoms with Crippen molar-refractivity contribution in [3.63, 3.8) is 0 Å². The van der Waals surface area contributed by atoms with Crippen molar-refractivity contribution in [2.24, 2.45) is 5.73 Å². The molecular formula is C15H20N2O. The lowest BCUT2D eigenvalue weighted by molar-refractivity contribution is 0.415. The zero-order chi connectivity index (χ0) is 12.6. The first-order valence-corrected chi connectivity index (χ1v) is 6.65. The van der Waals surface area contributed by atoms with Crippen molar-refractivity contribution in [1.82, 2.24) is 4.98 Å². The molecule has 1 fully saturated rings. The van der Waals surface area contributed by atoms with E-state index < -0.39 is 0 Å². The summed E-state index contributed by atoms with van der Waals surface area (Å²) in [5.41, 5.74) is 8.79. The minimum Gasteiger partial charge on any atom is -0.497 e. The SMILES string of the molecule is COc1ccc2c(C3(CN)CCCC3)c[nH]c2c1. The van der Waals surface area contributed by atoms with Crippen LogP contribution in [0.3, 0.4) is 0 Å². The smallest absolute Gasteiger partial charge is 0.120 e. The topological polar surface area (TPSA) is 51.0 Å². The number of fused-ring (bicyclic) bond motifs is 1. The third-order valence-electron chi connectivity index (χ3n) is 4.41. The summed E-state index contributed by atoms with van der Waals surface area (Å²) in [6.45, 7) is 0.742. The van der Waals surface area contributed by atoms with Crippen molar-refractivity contribution >= 4 is 10.9 Å². The zero-order valence-corrected chi connectivity index (χ0v) is 10.8. The number of aromatic amines is 1. The number of H-pyrrole nitrogens is 1. The van der Waals surface area contributed by atoms with Crippen LogP contribution in [0.25, 0.3) is 10.9 Å². The number of nitrogens with one attached hydrogen (secondary N) is 1. The summed E-state index contributed by atoms with van der Waals surface area (Å²) >= 11 is 0. The van der Waals surface area contributed by atoms with Gasteiger partial charge in [0.15, 0.2) is 0 Å². The van der Waals surface area contributed by atoms with Gasteiger partial charge < -0.3 is 15.5 Å². The van der Waals surface area contributed by atoms with Crippen molar-refractivity contribution in [3.8, 4) is 5.75 Å². The van der Waals surface area contributed by atoms with Crippen LogP contribution in [0.2, 0.25) is 0 Å². The average Bonchev–Trinajstić information content (AvgIpc) is 3.04. The first-order valence-electron chi connectivity index (χ1n) is 6.65. The van der Waals surface area contributed by atoms with Gasteiger partial charge in [0.1, 0.15) is 5.75 Å². The lowest BCUT2D eigenvalue weighted by Crippen LogP contribution is -2.31. The molecule has 3 N–H and O–H groups in total. The quantitative estimate of drug-likeness (QED) is 0.872. The highest BCUT2D eigenvalue weighted by atomic mass is 16.5. The van der Waals surface area contributed by atoms with Gasteiger partial charge in [-0.3, -0.25) is 0 Å². The molecule has 3 nitrogen and oxygen atoms in total. The van der Waals surface area contributed by atoms with Gasteiger partial charge in [0.2, 0.25) is 0 Å². The highest BCUT2D eigenvalue weighted by Crippen LogP contribution is 2.43. The van der Waals surface area contributed by atoms with Gasteiger partial charge in [-0.15, -0.1) is 0 Å². The van der Waals surface area contributed by atoms with E-state index in [0.717, 1.165) is 17.8 Å². The maximum absolute atomic E-state index is 6.07. The molecule has 3 heteroatoms. The molecule has 1 aromatic heterocycles. The number of methoxy groups -OCH3 is 1. The lowest BCUT2D eigenvalue weighted by Gasteiger charge is -2.27. The van der Waals surface area contributed by atoms with Gasteiger partial charge in [-0.1, -0.05) is 12.8 Å². The van der Waals surface area contributed by atoms with Crippen molar-refractivity contribution in [3.05, 3.63) is 30.0 Å². The monoisotopic (exact) mass is 244 g/mol. The molecule has 1 saturated carbocycles. The Balaban J connectivity index is 2.12. The fourth-order valence-electron chi connectivity index (χ4n) is 3.31. The van der Waals surface area contributed by atoms with Crippen LogP contribution in [0.4, 0.5) is 0 Å². The molecular weight excluding hydrogens is 224 g/mol. The number of ether oxygens (including phenoxy) is 1. The van der Waals surface area contributed by atoms with E-state index in [0.29, 0.717) is 0 Å². The van der Waals surface area contributed by atoms with E-state index in [-0.39, 0.29) is 5.41 Å². The van der Waals surface area contributed by atoms with Crippen LogP contribution in [0.5, 0.6) is 5.75 Å². The largest absolute Gasteiger partial charge is 0.497 e. The highest BCUT2D eigenvalue weighted by Gasteiger charge is 2.36. The van der Waals surface area contributed by atoms with Gasteiger partial charge in [0.05, 0.1) is 7.11 Å². The molecule has 0 spiro atoms. The minimum atomic E-state index is 0.187. The normalized spacial score (nSPS) is 18.3. The summed E-state index contributed by atoms with van der Waals surface area (Å²) in [6, 6.07) is 6.23. The van der Waals surface area contributed by atoms with E-state index in [1.54, 1.807) is 7.11 Å². The number of rotatable bonds is 3. The molecule has 1 aliphatic rings. The van der Waals surface area contributed by atoms with Gasteiger partial charge >= 0.3 is 0 Å². The second-order valence-electron chi connectivity index (χ2n) is 5.31. The molecule has 0 saturated heterocycles. The molecule has 0 amide bonds. The van der Waals surface area contributed by atoms with E-state index in [4.69, 9.17) is 10.5 Å². The maximum atomic E-state index is 6.07. The molecule has 0 atom stereocenters. The van der Waals surface area contributed by atoms with Crippen LogP contribution in [0.1, 0.15) is 31.2 Å². The standard InChI is InChI=1S/C15H20N2O/c1-18-11-4-5-12-13(9-17-14(12)8-11)15(10-16)6-2-3-7-15/h4-5,8-9,17H,2-3,6-7,10,16H2,1H3. The Morgan fingerprint density at radius 1 is 1.33 bits per heavy atom. The molecule has 18 heavy (non-hydrogen) atoms. The first-order chi connectivity index (χ1) is 8.79. The van der Waals surface area contributed by atoms with Gasteiger partial charge in [0.25, 0.3) is 0 Å². The van der Waals surface area contributed by atoms with Crippen LogP contribution >= 0.6 is 0 Å².